The van der Waals surface area contributed by atoms with Crippen LogP contribution in [0.1, 0.15) is 29.6 Å². The molecule has 2 rings (SSSR count). The van der Waals surface area contributed by atoms with Crippen LogP contribution in [-0.2, 0) is 4.79 Å². The number of phenols is 1. The zero-order chi connectivity index (χ0) is 14.0. The number of carbonyl (C=O) groups excluding carboxylic acids is 1. The zero-order valence-corrected chi connectivity index (χ0v) is 10.2. The number of carbonyl (C=O) groups is 2. The number of benzene rings is 1. The molecule has 1 aromatic carbocycles. The van der Waals surface area contributed by atoms with Crippen molar-refractivity contribution in [2.45, 2.75) is 25.3 Å². The minimum atomic E-state index is -0.976. The van der Waals surface area contributed by atoms with Gasteiger partial charge in [0, 0.05) is 18.7 Å². The van der Waals surface area contributed by atoms with E-state index in [1.165, 1.54) is 17.0 Å². The highest BCUT2D eigenvalue weighted by Crippen LogP contribution is 2.24. The molecular formula is C13H14FNO4. The van der Waals surface area contributed by atoms with E-state index < -0.39 is 23.7 Å². The van der Waals surface area contributed by atoms with Crippen LogP contribution < -0.4 is 0 Å². The van der Waals surface area contributed by atoms with E-state index in [1.54, 1.807) is 0 Å². The van der Waals surface area contributed by atoms with Gasteiger partial charge in [0.15, 0.2) is 0 Å². The number of halogens is 1. The number of carboxylic acid groups (broad SMARTS) is 1. The molecule has 19 heavy (non-hydrogen) atoms. The third-order valence-electron chi connectivity index (χ3n) is 3.23. The van der Waals surface area contributed by atoms with Gasteiger partial charge >= 0.3 is 5.97 Å². The Balaban J connectivity index is 2.20. The Morgan fingerprint density at radius 3 is 2.79 bits per heavy atom. The van der Waals surface area contributed by atoms with Gasteiger partial charge in [-0.05, 0) is 25.0 Å². The predicted molar refractivity (Wildman–Crippen MR) is 64.4 cm³/mol. The second kappa shape index (κ2) is 5.26. The molecule has 5 nitrogen and oxygen atoms in total. The molecule has 0 radical (unpaired) electrons. The molecule has 1 aliphatic rings. The molecule has 1 amide bonds. The van der Waals surface area contributed by atoms with E-state index in [1.807, 2.05) is 0 Å². The Morgan fingerprint density at radius 1 is 1.42 bits per heavy atom. The summed E-state index contributed by atoms with van der Waals surface area (Å²) < 4.78 is 13.6. The topological polar surface area (TPSA) is 77.8 Å². The third-order valence-corrected chi connectivity index (χ3v) is 3.23. The molecule has 1 aromatic rings. The third kappa shape index (κ3) is 2.83. The summed E-state index contributed by atoms with van der Waals surface area (Å²) >= 11 is 0. The van der Waals surface area contributed by atoms with E-state index in [-0.39, 0.29) is 17.7 Å². The first-order valence-electron chi connectivity index (χ1n) is 6.00. The standard InChI is InChI=1S/C13H14FNO4/c14-11-7-9(16)3-4-10(11)13(19)15-5-1-2-8(15)6-12(17)18/h3-4,7-8,16H,1-2,5-6H2,(H,17,18). The van der Waals surface area contributed by atoms with Crippen molar-refractivity contribution in [2.75, 3.05) is 6.54 Å². The molecule has 0 spiro atoms. The average molecular weight is 267 g/mol. The highest BCUT2D eigenvalue weighted by molar-refractivity contribution is 5.95. The van der Waals surface area contributed by atoms with Crippen molar-refractivity contribution >= 4 is 11.9 Å². The van der Waals surface area contributed by atoms with Gasteiger partial charge < -0.3 is 15.1 Å². The van der Waals surface area contributed by atoms with E-state index in [0.717, 1.165) is 6.07 Å². The van der Waals surface area contributed by atoms with Crippen molar-refractivity contribution < 1.29 is 24.2 Å². The predicted octanol–water partition coefficient (Wildman–Crippen LogP) is 1.61. The second-order valence-corrected chi connectivity index (χ2v) is 4.56. The van der Waals surface area contributed by atoms with Crippen LogP contribution in [0.15, 0.2) is 18.2 Å². The highest BCUT2D eigenvalue weighted by Gasteiger charge is 2.32. The number of phenolic OH excluding ortho intramolecular Hbond substituents is 1. The number of amides is 1. The molecule has 0 aromatic heterocycles. The van der Waals surface area contributed by atoms with Gasteiger partial charge in [-0.2, -0.15) is 0 Å². The van der Waals surface area contributed by atoms with Crippen molar-refractivity contribution in [3.63, 3.8) is 0 Å². The van der Waals surface area contributed by atoms with Crippen molar-refractivity contribution in [1.29, 1.82) is 0 Å². The van der Waals surface area contributed by atoms with Gasteiger partial charge in [0.1, 0.15) is 11.6 Å². The summed E-state index contributed by atoms with van der Waals surface area (Å²) in [7, 11) is 0. The molecule has 102 valence electrons. The van der Waals surface area contributed by atoms with Gasteiger partial charge in [-0.1, -0.05) is 0 Å². The first-order valence-corrected chi connectivity index (χ1v) is 6.00. The molecule has 1 unspecified atom stereocenters. The molecule has 0 saturated carbocycles. The van der Waals surface area contributed by atoms with Gasteiger partial charge in [0.2, 0.25) is 0 Å². The van der Waals surface area contributed by atoms with E-state index in [4.69, 9.17) is 10.2 Å². The van der Waals surface area contributed by atoms with Crippen LogP contribution in [-0.4, -0.2) is 39.6 Å². The maximum absolute atomic E-state index is 13.6. The van der Waals surface area contributed by atoms with Gasteiger partial charge in [0.25, 0.3) is 5.91 Å². The smallest absolute Gasteiger partial charge is 0.305 e. The summed E-state index contributed by atoms with van der Waals surface area (Å²) in [4.78, 5) is 24.3. The molecule has 0 bridgehead atoms. The zero-order valence-electron chi connectivity index (χ0n) is 10.2. The van der Waals surface area contributed by atoms with Crippen LogP contribution in [0.5, 0.6) is 5.75 Å². The Bertz CT molecular complexity index is 517. The number of hydrogen-bond acceptors (Lipinski definition) is 3. The van der Waals surface area contributed by atoms with Crippen LogP contribution in [0, 0.1) is 5.82 Å². The molecule has 1 saturated heterocycles. The summed E-state index contributed by atoms with van der Waals surface area (Å²) in [6.45, 7) is 0.428. The van der Waals surface area contributed by atoms with Crippen LogP contribution in [0.2, 0.25) is 0 Å². The Kier molecular flexibility index (Phi) is 3.69. The first-order chi connectivity index (χ1) is 8.99. The van der Waals surface area contributed by atoms with Crippen molar-refractivity contribution in [3.8, 4) is 5.75 Å². The molecular weight excluding hydrogens is 253 g/mol. The number of carboxylic acids is 1. The minimum Gasteiger partial charge on any atom is -0.508 e. The van der Waals surface area contributed by atoms with Gasteiger partial charge in [-0.25, -0.2) is 4.39 Å². The molecule has 6 heteroatoms. The first kappa shape index (κ1) is 13.3. The van der Waals surface area contributed by atoms with Crippen molar-refractivity contribution in [2.24, 2.45) is 0 Å². The van der Waals surface area contributed by atoms with Crippen LogP contribution in [0.25, 0.3) is 0 Å². The van der Waals surface area contributed by atoms with Gasteiger partial charge in [-0.15, -0.1) is 0 Å². The summed E-state index contributed by atoms with van der Waals surface area (Å²) in [6.07, 6.45) is 1.19. The Labute approximate surface area is 109 Å². The van der Waals surface area contributed by atoms with Gasteiger partial charge in [0.05, 0.1) is 12.0 Å². The van der Waals surface area contributed by atoms with E-state index >= 15 is 0 Å². The molecule has 0 aliphatic carbocycles. The maximum atomic E-state index is 13.6. The molecule has 1 fully saturated rings. The van der Waals surface area contributed by atoms with E-state index in [9.17, 15) is 14.0 Å². The minimum absolute atomic E-state index is 0.133. The van der Waals surface area contributed by atoms with Crippen molar-refractivity contribution in [1.82, 2.24) is 4.90 Å². The fourth-order valence-electron chi connectivity index (χ4n) is 2.35. The number of nitrogens with zero attached hydrogens (tertiary/aromatic N) is 1. The quantitative estimate of drug-likeness (QED) is 0.872. The van der Waals surface area contributed by atoms with Gasteiger partial charge in [-0.3, -0.25) is 9.59 Å². The van der Waals surface area contributed by atoms with Crippen molar-refractivity contribution in [3.05, 3.63) is 29.6 Å². The van der Waals surface area contributed by atoms with E-state index in [0.29, 0.717) is 19.4 Å². The lowest BCUT2D eigenvalue weighted by atomic mass is 10.1. The average Bonchev–Trinajstić information content (AvgIpc) is 2.75. The Morgan fingerprint density at radius 2 is 2.16 bits per heavy atom. The monoisotopic (exact) mass is 267 g/mol. The normalized spacial score (nSPS) is 18.6. The summed E-state index contributed by atoms with van der Waals surface area (Å²) in [6, 6.07) is 2.93. The van der Waals surface area contributed by atoms with Crippen LogP contribution in [0.4, 0.5) is 4.39 Å². The summed E-state index contributed by atoms with van der Waals surface area (Å²) in [5.74, 6) is -2.55. The Hall–Kier alpha value is -2.11. The molecule has 1 atom stereocenters. The van der Waals surface area contributed by atoms with E-state index in [2.05, 4.69) is 0 Å². The lowest BCUT2D eigenvalue weighted by molar-refractivity contribution is -0.137. The number of hydrogen-bond donors (Lipinski definition) is 2. The second-order valence-electron chi connectivity index (χ2n) is 4.56. The number of rotatable bonds is 3. The van der Waals surface area contributed by atoms with Crippen LogP contribution in [0.3, 0.4) is 0 Å². The SMILES string of the molecule is O=C(O)CC1CCCN1C(=O)c1ccc(O)cc1F. The lowest BCUT2D eigenvalue weighted by Gasteiger charge is -2.23. The molecule has 2 N–H and O–H groups in total. The molecule has 1 heterocycles. The van der Waals surface area contributed by atoms with Crippen LogP contribution >= 0.6 is 0 Å². The lowest BCUT2D eigenvalue weighted by Crippen LogP contribution is -2.37. The summed E-state index contributed by atoms with van der Waals surface area (Å²) in [5.41, 5.74) is -0.143. The number of aliphatic carboxylic acids is 1. The highest BCUT2D eigenvalue weighted by atomic mass is 19.1. The number of likely N-dealkylation sites (tertiary alicyclic amines) is 1. The fourth-order valence-corrected chi connectivity index (χ4v) is 2.35. The maximum Gasteiger partial charge on any atom is 0.305 e. The fraction of sp³-hybridized carbons (Fsp3) is 0.385. The largest absolute Gasteiger partial charge is 0.508 e. The number of aromatic hydroxyl groups is 1. The summed E-state index contributed by atoms with van der Waals surface area (Å²) in [5, 5.41) is 17.9. The molecule has 1 aliphatic heterocycles.